The van der Waals surface area contributed by atoms with Gasteiger partial charge in [0.1, 0.15) is 0 Å². The van der Waals surface area contributed by atoms with E-state index in [1.165, 1.54) is 23.5 Å². The van der Waals surface area contributed by atoms with Gasteiger partial charge < -0.3 is 0 Å². The summed E-state index contributed by atoms with van der Waals surface area (Å²) in [5.74, 6) is 0.713. The zero-order chi connectivity index (χ0) is 18.8. The molecular weight excluding hydrogens is 360 g/mol. The van der Waals surface area contributed by atoms with E-state index >= 15 is 0 Å². The molecule has 2 aromatic carbocycles. The van der Waals surface area contributed by atoms with Crippen LogP contribution < -0.4 is 0 Å². The molecule has 0 bridgehead atoms. The SMILES string of the molecule is C=CCSC(SCC=C)=C(C(=O)c1ccccc1)C(=O)c1ccccc1. The smallest absolute Gasteiger partial charge is 0.198 e. The molecule has 0 atom stereocenters. The van der Waals surface area contributed by atoms with Gasteiger partial charge in [-0.25, -0.2) is 0 Å². The molecule has 0 heterocycles. The maximum atomic E-state index is 13.2. The van der Waals surface area contributed by atoms with Crippen LogP contribution in [0, 0.1) is 0 Å². The average molecular weight is 381 g/mol. The Morgan fingerprint density at radius 2 is 1.12 bits per heavy atom. The molecule has 0 saturated carbocycles. The van der Waals surface area contributed by atoms with Gasteiger partial charge in [0.05, 0.1) is 9.81 Å². The summed E-state index contributed by atoms with van der Waals surface area (Å²) in [6.45, 7) is 7.47. The normalized spacial score (nSPS) is 10.0. The highest BCUT2D eigenvalue weighted by atomic mass is 32.2. The zero-order valence-electron chi connectivity index (χ0n) is 14.4. The zero-order valence-corrected chi connectivity index (χ0v) is 16.0. The number of Topliss-reactive ketones (excluding diaryl/α,β-unsaturated/α-hetero) is 2. The minimum Gasteiger partial charge on any atom is -0.288 e. The van der Waals surface area contributed by atoms with Crippen LogP contribution in [0.1, 0.15) is 20.7 Å². The van der Waals surface area contributed by atoms with Gasteiger partial charge in [-0.15, -0.1) is 36.7 Å². The predicted molar refractivity (Wildman–Crippen MR) is 114 cm³/mol. The van der Waals surface area contributed by atoms with E-state index in [-0.39, 0.29) is 17.1 Å². The van der Waals surface area contributed by atoms with Gasteiger partial charge in [0.2, 0.25) is 0 Å². The van der Waals surface area contributed by atoms with Crippen molar-refractivity contribution in [3.05, 3.63) is 107 Å². The van der Waals surface area contributed by atoms with E-state index in [4.69, 9.17) is 0 Å². The fourth-order valence-corrected chi connectivity index (χ4v) is 4.15. The minimum atomic E-state index is -0.262. The molecule has 0 aliphatic heterocycles. The molecule has 0 N–H and O–H groups in total. The van der Waals surface area contributed by atoms with Crippen LogP contribution in [0.4, 0.5) is 0 Å². The molecule has 0 fully saturated rings. The molecule has 26 heavy (non-hydrogen) atoms. The number of carbonyl (C=O) groups excluding carboxylic acids is 2. The maximum Gasteiger partial charge on any atom is 0.198 e. The Balaban J connectivity index is 2.56. The topological polar surface area (TPSA) is 34.1 Å². The van der Waals surface area contributed by atoms with Crippen LogP contribution in [0.2, 0.25) is 0 Å². The molecule has 0 spiro atoms. The highest BCUT2D eigenvalue weighted by molar-refractivity contribution is 8.22. The highest BCUT2D eigenvalue weighted by Gasteiger charge is 2.25. The number of carbonyl (C=O) groups is 2. The van der Waals surface area contributed by atoms with Gasteiger partial charge in [0.25, 0.3) is 0 Å². The molecule has 0 radical (unpaired) electrons. The summed E-state index contributed by atoms with van der Waals surface area (Å²) in [7, 11) is 0. The number of benzene rings is 2. The molecule has 0 saturated heterocycles. The van der Waals surface area contributed by atoms with Gasteiger partial charge in [-0.05, 0) is 0 Å². The Labute approximate surface area is 163 Å². The molecule has 0 amide bonds. The van der Waals surface area contributed by atoms with Crippen LogP contribution in [0.15, 0.2) is 95.8 Å². The van der Waals surface area contributed by atoms with Crippen LogP contribution in [0.3, 0.4) is 0 Å². The molecule has 2 rings (SSSR count). The van der Waals surface area contributed by atoms with E-state index in [1.54, 1.807) is 60.7 Å². The number of hydrogen-bond donors (Lipinski definition) is 0. The van der Waals surface area contributed by atoms with E-state index in [0.717, 1.165) is 0 Å². The third-order valence-corrected chi connectivity index (χ3v) is 5.84. The second-order valence-corrected chi connectivity index (χ2v) is 7.57. The Hall–Kier alpha value is -2.30. The monoisotopic (exact) mass is 380 g/mol. The van der Waals surface area contributed by atoms with Crippen LogP contribution in [-0.2, 0) is 0 Å². The first-order valence-corrected chi connectivity index (χ1v) is 10.1. The van der Waals surface area contributed by atoms with Crippen LogP contribution in [-0.4, -0.2) is 23.1 Å². The first-order valence-electron chi connectivity index (χ1n) is 8.10. The number of thioether (sulfide) groups is 2. The minimum absolute atomic E-state index is 0.209. The Morgan fingerprint density at radius 3 is 1.46 bits per heavy atom. The van der Waals surface area contributed by atoms with Crippen molar-refractivity contribution in [2.45, 2.75) is 0 Å². The lowest BCUT2D eigenvalue weighted by molar-refractivity contribution is 0.0962. The van der Waals surface area contributed by atoms with E-state index in [0.29, 0.717) is 26.9 Å². The lowest BCUT2D eigenvalue weighted by atomic mass is 9.97. The predicted octanol–water partition coefficient (Wildman–Crippen LogP) is 5.80. The van der Waals surface area contributed by atoms with Crippen molar-refractivity contribution in [1.82, 2.24) is 0 Å². The Kier molecular flexibility index (Phi) is 8.19. The van der Waals surface area contributed by atoms with Crippen LogP contribution >= 0.6 is 23.5 Å². The summed E-state index contributed by atoms with van der Waals surface area (Å²) in [5.41, 5.74) is 1.21. The van der Waals surface area contributed by atoms with Gasteiger partial charge in [-0.2, -0.15) is 0 Å². The number of allylic oxidation sites excluding steroid dienone is 1. The van der Waals surface area contributed by atoms with Gasteiger partial charge in [0, 0.05) is 22.6 Å². The second-order valence-electron chi connectivity index (χ2n) is 5.25. The van der Waals surface area contributed by atoms with Crippen molar-refractivity contribution in [2.24, 2.45) is 0 Å². The summed E-state index contributed by atoms with van der Waals surface area (Å²) in [6.07, 6.45) is 3.52. The van der Waals surface area contributed by atoms with Crippen molar-refractivity contribution >= 4 is 35.1 Å². The molecule has 2 nitrogen and oxygen atoms in total. The van der Waals surface area contributed by atoms with Crippen molar-refractivity contribution in [3.8, 4) is 0 Å². The van der Waals surface area contributed by atoms with Crippen molar-refractivity contribution in [2.75, 3.05) is 11.5 Å². The third-order valence-electron chi connectivity index (χ3n) is 3.39. The number of ketones is 2. The van der Waals surface area contributed by atoms with Crippen LogP contribution in [0.5, 0.6) is 0 Å². The molecule has 0 aliphatic carbocycles. The molecule has 0 aliphatic rings. The maximum absolute atomic E-state index is 13.2. The van der Waals surface area contributed by atoms with Crippen molar-refractivity contribution < 1.29 is 9.59 Å². The van der Waals surface area contributed by atoms with Gasteiger partial charge in [0.15, 0.2) is 11.6 Å². The van der Waals surface area contributed by atoms with Crippen LogP contribution in [0.25, 0.3) is 0 Å². The first kappa shape index (κ1) is 20.0. The van der Waals surface area contributed by atoms with Gasteiger partial charge in [-0.3, -0.25) is 9.59 Å². The molecule has 132 valence electrons. The fourth-order valence-electron chi connectivity index (χ4n) is 2.21. The number of rotatable bonds is 10. The standard InChI is InChI=1S/C22H20O2S2/c1-3-15-25-22(26-16-4-2)19(20(23)17-11-7-5-8-12-17)21(24)18-13-9-6-10-14-18/h3-14H,1-2,15-16H2. The average Bonchev–Trinajstić information content (AvgIpc) is 2.70. The quantitative estimate of drug-likeness (QED) is 0.171. The van der Waals surface area contributed by atoms with Gasteiger partial charge >= 0.3 is 0 Å². The second kappa shape index (κ2) is 10.6. The molecule has 0 aromatic heterocycles. The summed E-state index contributed by atoms with van der Waals surface area (Å²) in [6, 6.07) is 17.8. The lowest BCUT2D eigenvalue weighted by Crippen LogP contribution is -2.15. The first-order chi connectivity index (χ1) is 12.7. The Morgan fingerprint density at radius 1 is 0.731 bits per heavy atom. The van der Waals surface area contributed by atoms with E-state index < -0.39 is 0 Å². The van der Waals surface area contributed by atoms with E-state index in [9.17, 15) is 9.59 Å². The number of hydrogen-bond acceptors (Lipinski definition) is 4. The third kappa shape index (κ3) is 5.35. The van der Waals surface area contributed by atoms with E-state index in [2.05, 4.69) is 13.2 Å². The van der Waals surface area contributed by atoms with Crippen molar-refractivity contribution in [1.29, 1.82) is 0 Å². The molecule has 4 heteroatoms. The molecule has 0 unspecified atom stereocenters. The largest absolute Gasteiger partial charge is 0.288 e. The summed E-state index contributed by atoms with van der Waals surface area (Å²) < 4.78 is 0.701. The molecular formula is C22H20O2S2. The highest BCUT2D eigenvalue weighted by Crippen LogP contribution is 2.35. The summed E-state index contributed by atoms with van der Waals surface area (Å²) in [5, 5.41) is 0. The Bertz CT molecular complexity index is 741. The van der Waals surface area contributed by atoms with E-state index in [1.807, 2.05) is 12.1 Å². The lowest BCUT2D eigenvalue weighted by Gasteiger charge is -2.13. The van der Waals surface area contributed by atoms with Gasteiger partial charge in [-0.1, -0.05) is 72.8 Å². The summed E-state index contributed by atoms with van der Waals surface area (Å²) >= 11 is 2.90. The fraction of sp³-hybridized carbons (Fsp3) is 0.0909. The van der Waals surface area contributed by atoms with Crippen molar-refractivity contribution in [3.63, 3.8) is 0 Å². The summed E-state index contributed by atoms with van der Waals surface area (Å²) in [4.78, 5) is 26.3. The molecule has 2 aromatic rings.